The molecule has 3 heterocycles. The predicted molar refractivity (Wildman–Crippen MR) is 90.1 cm³/mol. The molecule has 1 amide bonds. The predicted octanol–water partition coefficient (Wildman–Crippen LogP) is 0.786. The lowest BCUT2D eigenvalue weighted by Gasteiger charge is -2.22. The van der Waals surface area contributed by atoms with Crippen molar-refractivity contribution in [3.8, 4) is 0 Å². The number of amides is 1. The summed E-state index contributed by atoms with van der Waals surface area (Å²) in [5.41, 5.74) is 1.13. The molecule has 2 aromatic heterocycles. The van der Waals surface area contributed by atoms with E-state index in [1.54, 1.807) is 12.5 Å². The fraction of sp³-hybridized carbons (Fsp3) is 0.529. The fourth-order valence-electron chi connectivity index (χ4n) is 2.99. The van der Waals surface area contributed by atoms with Crippen molar-refractivity contribution in [3.63, 3.8) is 0 Å². The Morgan fingerprint density at radius 1 is 1.42 bits per heavy atom. The summed E-state index contributed by atoms with van der Waals surface area (Å²) in [4.78, 5) is 16.9. The molecule has 1 N–H and O–H groups in total. The van der Waals surface area contributed by atoms with Gasteiger partial charge in [0.25, 0.3) is 0 Å². The van der Waals surface area contributed by atoms with E-state index in [1.807, 2.05) is 37.0 Å². The maximum atomic E-state index is 12.6. The standard InChI is InChI=1S/C17H25N5O2/c1-20(2)8-7-18-17(23)14-10-21(13-16-4-3-9-24-16)12-15-5-6-19-22(15)11-14/h3-6,9,14H,7-8,10-13H2,1-2H3,(H,18,23). The highest BCUT2D eigenvalue weighted by molar-refractivity contribution is 5.78. The van der Waals surface area contributed by atoms with Crippen LogP contribution < -0.4 is 5.32 Å². The van der Waals surface area contributed by atoms with E-state index in [-0.39, 0.29) is 11.8 Å². The van der Waals surface area contributed by atoms with Gasteiger partial charge in [-0.2, -0.15) is 5.10 Å². The second kappa shape index (κ2) is 7.63. The van der Waals surface area contributed by atoms with Gasteiger partial charge in [0.05, 0.1) is 31.0 Å². The number of rotatable bonds is 6. The number of carbonyl (C=O) groups excluding carboxylic acids is 1. The van der Waals surface area contributed by atoms with Crippen LogP contribution >= 0.6 is 0 Å². The van der Waals surface area contributed by atoms with E-state index in [9.17, 15) is 4.79 Å². The first kappa shape index (κ1) is 16.7. The molecule has 3 rings (SSSR count). The third-order valence-corrected chi connectivity index (χ3v) is 4.25. The Bertz CT molecular complexity index is 650. The molecule has 0 aromatic carbocycles. The van der Waals surface area contributed by atoms with Crippen LogP contribution in [0.25, 0.3) is 0 Å². The van der Waals surface area contributed by atoms with Crippen LogP contribution in [0, 0.1) is 5.92 Å². The van der Waals surface area contributed by atoms with Crippen LogP contribution in [-0.4, -0.2) is 59.2 Å². The summed E-state index contributed by atoms with van der Waals surface area (Å²) in [7, 11) is 4.00. The SMILES string of the molecule is CN(C)CCNC(=O)C1CN(Cc2ccco2)Cc2ccnn2C1. The molecular formula is C17H25N5O2. The minimum atomic E-state index is -0.122. The molecule has 0 saturated carbocycles. The average molecular weight is 331 g/mol. The normalized spacial score (nSPS) is 18.4. The third kappa shape index (κ3) is 4.24. The lowest BCUT2D eigenvalue weighted by Crippen LogP contribution is -2.41. The molecule has 130 valence electrons. The van der Waals surface area contributed by atoms with E-state index in [4.69, 9.17) is 4.42 Å². The van der Waals surface area contributed by atoms with Crippen LogP contribution in [-0.2, 0) is 24.4 Å². The molecule has 1 aliphatic rings. The Hall–Kier alpha value is -2.12. The van der Waals surface area contributed by atoms with Gasteiger partial charge in [-0.3, -0.25) is 14.4 Å². The van der Waals surface area contributed by atoms with Crippen LogP contribution in [0.1, 0.15) is 11.5 Å². The number of nitrogens with one attached hydrogen (secondary N) is 1. The van der Waals surface area contributed by atoms with Gasteiger partial charge in [0.2, 0.25) is 5.91 Å². The molecule has 1 atom stereocenters. The molecular weight excluding hydrogens is 306 g/mol. The number of likely N-dealkylation sites (N-methyl/N-ethyl adjacent to an activating group) is 1. The zero-order valence-corrected chi connectivity index (χ0v) is 14.3. The first-order valence-corrected chi connectivity index (χ1v) is 8.29. The molecule has 2 aromatic rings. The van der Waals surface area contributed by atoms with E-state index in [1.165, 1.54) is 0 Å². The first-order chi connectivity index (χ1) is 11.6. The third-order valence-electron chi connectivity index (χ3n) is 4.25. The van der Waals surface area contributed by atoms with Crippen molar-refractivity contribution in [1.29, 1.82) is 0 Å². The minimum absolute atomic E-state index is 0.0876. The number of nitrogens with zero attached hydrogens (tertiary/aromatic N) is 4. The van der Waals surface area contributed by atoms with E-state index in [2.05, 4.69) is 20.2 Å². The average Bonchev–Trinajstić information content (AvgIpc) is 3.16. The van der Waals surface area contributed by atoms with Crippen molar-refractivity contribution in [2.75, 3.05) is 33.7 Å². The highest BCUT2D eigenvalue weighted by Crippen LogP contribution is 2.18. The number of carbonyl (C=O) groups is 1. The summed E-state index contributed by atoms with van der Waals surface area (Å²) < 4.78 is 7.41. The summed E-state index contributed by atoms with van der Waals surface area (Å²) in [6.07, 6.45) is 3.48. The van der Waals surface area contributed by atoms with E-state index >= 15 is 0 Å². The van der Waals surface area contributed by atoms with E-state index in [0.717, 1.165) is 24.5 Å². The van der Waals surface area contributed by atoms with Crippen molar-refractivity contribution in [3.05, 3.63) is 42.1 Å². The quantitative estimate of drug-likeness (QED) is 0.848. The van der Waals surface area contributed by atoms with E-state index in [0.29, 0.717) is 26.2 Å². The molecule has 0 radical (unpaired) electrons. The summed E-state index contributed by atoms with van der Waals surface area (Å²) in [6, 6.07) is 5.87. The largest absolute Gasteiger partial charge is 0.468 e. The van der Waals surface area contributed by atoms with Gasteiger partial charge >= 0.3 is 0 Å². The van der Waals surface area contributed by atoms with Gasteiger partial charge in [-0.1, -0.05) is 0 Å². The molecule has 7 nitrogen and oxygen atoms in total. The van der Waals surface area contributed by atoms with Gasteiger partial charge in [0.15, 0.2) is 0 Å². The monoisotopic (exact) mass is 331 g/mol. The lowest BCUT2D eigenvalue weighted by atomic mass is 10.1. The Balaban J connectivity index is 1.68. The van der Waals surface area contributed by atoms with Crippen LogP contribution in [0.4, 0.5) is 0 Å². The summed E-state index contributed by atoms with van der Waals surface area (Å²) >= 11 is 0. The first-order valence-electron chi connectivity index (χ1n) is 8.29. The molecule has 0 spiro atoms. The minimum Gasteiger partial charge on any atom is -0.468 e. The molecule has 0 fully saturated rings. The molecule has 0 saturated heterocycles. The Morgan fingerprint density at radius 2 is 2.29 bits per heavy atom. The van der Waals surface area contributed by atoms with Crippen LogP contribution in [0.5, 0.6) is 0 Å². The molecule has 1 aliphatic heterocycles. The highest BCUT2D eigenvalue weighted by atomic mass is 16.3. The number of hydrogen-bond acceptors (Lipinski definition) is 5. The zero-order valence-electron chi connectivity index (χ0n) is 14.3. The molecule has 1 unspecified atom stereocenters. The second-order valence-electron chi connectivity index (χ2n) is 6.54. The number of fused-ring (bicyclic) bond motifs is 1. The van der Waals surface area contributed by atoms with Crippen molar-refractivity contribution in [1.82, 2.24) is 24.9 Å². The highest BCUT2D eigenvalue weighted by Gasteiger charge is 2.27. The van der Waals surface area contributed by atoms with Crippen molar-refractivity contribution < 1.29 is 9.21 Å². The maximum absolute atomic E-state index is 12.6. The Labute approximate surface area is 142 Å². The van der Waals surface area contributed by atoms with Crippen molar-refractivity contribution in [2.45, 2.75) is 19.6 Å². The molecule has 24 heavy (non-hydrogen) atoms. The summed E-state index contributed by atoms with van der Waals surface area (Å²) in [5, 5.41) is 7.41. The number of hydrogen-bond donors (Lipinski definition) is 1. The number of furan rings is 1. The van der Waals surface area contributed by atoms with Gasteiger partial charge in [-0.05, 0) is 32.3 Å². The Morgan fingerprint density at radius 3 is 3.04 bits per heavy atom. The van der Waals surface area contributed by atoms with Crippen LogP contribution in [0.3, 0.4) is 0 Å². The Kier molecular flexibility index (Phi) is 5.32. The topological polar surface area (TPSA) is 66.5 Å². The van der Waals surface area contributed by atoms with Gasteiger partial charge in [0.1, 0.15) is 5.76 Å². The van der Waals surface area contributed by atoms with Gasteiger partial charge in [-0.15, -0.1) is 0 Å². The van der Waals surface area contributed by atoms with Crippen molar-refractivity contribution in [2.24, 2.45) is 5.92 Å². The van der Waals surface area contributed by atoms with Crippen molar-refractivity contribution >= 4 is 5.91 Å². The summed E-state index contributed by atoms with van der Waals surface area (Å²) in [5.74, 6) is 0.877. The molecule has 0 bridgehead atoms. The van der Waals surface area contributed by atoms with Crippen LogP contribution in [0.2, 0.25) is 0 Å². The maximum Gasteiger partial charge on any atom is 0.226 e. The van der Waals surface area contributed by atoms with Gasteiger partial charge < -0.3 is 14.6 Å². The fourth-order valence-corrected chi connectivity index (χ4v) is 2.99. The molecule has 7 heteroatoms. The smallest absolute Gasteiger partial charge is 0.226 e. The number of aromatic nitrogens is 2. The van der Waals surface area contributed by atoms with Crippen LogP contribution in [0.15, 0.2) is 35.1 Å². The molecule has 0 aliphatic carbocycles. The van der Waals surface area contributed by atoms with Gasteiger partial charge in [-0.25, -0.2) is 0 Å². The van der Waals surface area contributed by atoms with Gasteiger partial charge in [0, 0.05) is 32.4 Å². The summed E-state index contributed by atoms with van der Waals surface area (Å²) in [6.45, 7) is 4.26. The zero-order chi connectivity index (χ0) is 16.9. The lowest BCUT2D eigenvalue weighted by molar-refractivity contribution is -0.126. The second-order valence-corrected chi connectivity index (χ2v) is 6.54. The van der Waals surface area contributed by atoms with E-state index < -0.39 is 0 Å².